The van der Waals surface area contributed by atoms with Crippen molar-refractivity contribution < 1.29 is 9.53 Å². The predicted molar refractivity (Wildman–Crippen MR) is 97.4 cm³/mol. The number of piperidine rings is 1. The molecule has 0 saturated carbocycles. The Hall–Kier alpha value is -0.870. The molecule has 130 valence electrons. The van der Waals surface area contributed by atoms with Crippen LogP contribution in [0.3, 0.4) is 0 Å². The quantitative estimate of drug-likeness (QED) is 0.731. The van der Waals surface area contributed by atoms with Crippen molar-refractivity contribution in [2.45, 2.75) is 65.3 Å². The number of hydrogen-bond donors (Lipinski definition) is 0. The molecule has 1 aliphatic heterocycles. The minimum Gasteiger partial charge on any atom is -0.465 e. The lowest BCUT2D eigenvalue weighted by Crippen LogP contribution is -2.46. The molecule has 1 fully saturated rings. The molecule has 1 aliphatic rings. The number of aryl methyl sites for hydroxylation is 1. The van der Waals surface area contributed by atoms with Crippen molar-refractivity contribution >= 4 is 17.3 Å². The molecule has 0 spiro atoms. The normalized spacial score (nSPS) is 17.4. The fourth-order valence-electron chi connectivity index (χ4n) is 3.46. The monoisotopic (exact) mass is 337 g/mol. The molecule has 23 heavy (non-hydrogen) atoms. The van der Waals surface area contributed by atoms with Crippen LogP contribution in [0.25, 0.3) is 0 Å². The van der Waals surface area contributed by atoms with Crippen molar-refractivity contribution in [1.29, 1.82) is 0 Å². The Morgan fingerprint density at radius 3 is 2.57 bits per heavy atom. The molecule has 0 N–H and O–H groups in total. The minimum atomic E-state index is -0.209. The molecular formula is C19H31NO2S. The topological polar surface area (TPSA) is 29.5 Å². The lowest BCUT2D eigenvalue weighted by molar-refractivity contribution is 0.0600. The van der Waals surface area contributed by atoms with E-state index in [9.17, 15) is 4.79 Å². The molecule has 1 aromatic rings. The largest absolute Gasteiger partial charge is 0.465 e. The van der Waals surface area contributed by atoms with E-state index in [1.165, 1.54) is 50.8 Å². The molecule has 0 aliphatic carbocycles. The maximum atomic E-state index is 11.7. The van der Waals surface area contributed by atoms with Crippen LogP contribution >= 0.6 is 11.3 Å². The van der Waals surface area contributed by atoms with E-state index in [0.29, 0.717) is 5.54 Å². The van der Waals surface area contributed by atoms with Gasteiger partial charge in [-0.05, 0) is 77.9 Å². The summed E-state index contributed by atoms with van der Waals surface area (Å²) in [6.45, 7) is 11.4. The number of carbonyl (C=O) groups excluding carboxylic acids is 1. The first-order valence-electron chi connectivity index (χ1n) is 8.73. The summed E-state index contributed by atoms with van der Waals surface area (Å²) in [5.74, 6) is 0.661. The second-order valence-electron chi connectivity index (χ2n) is 7.68. The predicted octanol–water partition coefficient (Wildman–Crippen LogP) is 4.68. The Balaban J connectivity index is 1.76. The van der Waals surface area contributed by atoms with Crippen molar-refractivity contribution in [3.8, 4) is 0 Å². The van der Waals surface area contributed by atoms with Gasteiger partial charge in [0.1, 0.15) is 0 Å². The van der Waals surface area contributed by atoms with Gasteiger partial charge in [0.25, 0.3) is 0 Å². The van der Waals surface area contributed by atoms with E-state index in [1.807, 2.05) is 12.3 Å². The average molecular weight is 338 g/mol. The van der Waals surface area contributed by atoms with Crippen molar-refractivity contribution in [3.63, 3.8) is 0 Å². The van der Waals surface area contributed by atoms with Gasteiger partial charge in [-0.25, -0.2) is 4.79 Å². The first kappa shape index (κ1) is 18.5. The molecule has 4 heteroatoms. The van der Waals surface area contributed by atoms with Gasteiger partial charge in [0.15, 0.2) is 0 Å². The number of methoxy groups -OCH3 is 1. The van der Waals surface area contributed by atoms with Crippen LogP contribution in [0.2, 0.25) is 0 Å². The maximum Gasteiger partial charge on any atom is 0.338 e. The van der Waals surface area contributed by atoms with Crippen molar-refractivity contribution in [2.75, 3.05) is 20.2 Å². The van der Waals surface area contributed by atoms with E-state index < -0.39 is 0 Å². The van der Waals surface area contributed by atoms with E-state index in [-0.39, 0.29) is 5.97 Å². The fraction of sp³-hybridized carbons (Fsp3) is 0.737. The molecule has 0 unspecified atom stereocenters. The molecule has 0 atom stereocenters. The zero-order chi connectivity index (χ0) is 17.0. The van der Waals surface area contributed by atoms with Crippen LogP contribution in [-0.4, -0.2) is 36.6 Å². The van der Waals surface area contributed by atoms with Gasteiger partial charge in [0.05, 0.1) is 12.7 Å². The molecule has 2 rings (SSSR count). The first-order chi connectivity index (χ1) is 10.8. The summed E-state index contributed by atoms with van der Waals surface area (Å²) in [7, 11) is 1.45. The molecule has 3 nitrogen and oxygen atoms in total. The molecule has 0 aromatic carbocycles. The van der Waals surface area contributed by atoms with Crippen LogP contribution in [0.1, 0.15) is 67.3 Å². The fourth-order valence-corrected chi connectivity index (χ4v) is 4.54. The van der Waals surface area contributed by atoms with E-state index in [4.69, 9.17) is 4.74 Å². The van der Waals surface area contributed by atoms with Crippen LogP contribution in [0.4, 0.5) is 0 Å². The van der Waals surface area contributed by atoms with Gasteiger partial charge in [-0.15, -0.1) is 11.3 Å². The van der Waals surface area contributed by atoms with E-state index in [0.717, 1.165) is 23.5 Å². The summed E-state index contributed by atoms with van der Waals surface area (Å²) in [4.78, 5) is 15.6. The van der Waals surface area contributed by atoms with Crippen molar-refractivity contribution in [3.05, 3.63) is 21.4 Å². The van der Waals surface area contributed by atoms with Gasteiger partial charge in [0, 0.05) is 15.8 Å². The molecule has 0 bridgehead atoms. The van der Waals surface area contributed by atoms with E-state index in [2.05, 4.69) is 25.7 Å². The summed E-state index contributed by atoms with van der Waals surface area (Å²) in [6, 6.07) is 0. The lowest BCUT2D eigenvalue weighted by Gasteiger charge is -2.41. The lowest BCUT2D eigenvalue weighted by atomic mass is 9.89. The van der Waals surface area contributed by atoms with Crippen LogP contribution in [0, 0.1) is 12.8 Å². The summed E-state index contributed by atoms with van der Waals surface area (Å²) < 4.78 is 4.83. The summed E-state index contributed by atoms with van der Waals surface area (Å²) >= 11 is 1.70. The first-order valence-corrected chi connectivity index (χ1v) is 9.61. The number of likely N-dealkylation sites (tertiary alicyclic amines) is 1. The Kier molecular flexibility index (Phi) is 6.26. The Bertz CT molecular complexity index is 522. The van der Waals surface area contributed by atoms with E-state index >= 15 is 0 Å². The van der Waals surface area contributed by atoms with Crippen LogP contribution < -0.4 is 0 Å². The van der Waals surface area contributed by atoms with E-state index in [1.54, 1.807) is 11.3 Å². The highest BCUT2D eigenvalue weighted by molar-refractivity contribution is 7.10. The van der Waals surface area contributed by atoms with Gasteiger partial charge in [-0.3, -0.25) is 4.90 Å². The second-order valence-corrected chi connectivity index (χ2v) is 8.65. The second kappa shape index (κ2) is 7.80. The third-order valence-corrected chi connectivity index (χ3v) is 6.27. The number of esters is 1. The van der Waals surface area contributed by atoms with Crippen LogP contribution in [0.15, 0.2) is 5.38 Å². The number of ether oxygens (including phenoxy) is 1. The smallest absolute Gasteiger partial charge is 0.338 e. The maximum absolute atomic E-state index is 11.7. The molecule has 1 aromatic heterocycles. The molecule has 0 amide bonds. The summed E-state index contributed by atoms with van der Waals surface area (Å²) in [5.41, 5.74) is 2.17. The van der Waals surface area contributed by atoms with Gasteiger partial charge in [-0.2, -0.15) is 0 Å². The molecule has 2 heterocycles. The summed E-state index contributed by atoms with van der Waals surface area (Å²) in [5, 5.41) is 1.94. The van der Waals surface area contributed by atoms with Crippen LogP contribution in [-0.2, 0) is 11.2 Å². The van der Waals surface area contributed by atoms with Gasteiger partial charge in [-0.1, -0.05) is 6.42 Å². The minimum absolute atomic E-state index is 0.209. The standard InChI is InChI=1S/C19H31NO2S/c1-14-16(18(21)22-5)13-23-17(14)8-6-7-15-9-11-20(12-10-15)19(2,3)4/h13,15H,6-12H2,1-5H3. The van der Waals surface area contributed by atoms with Gasteiger partial charge < -0.3 is 4.74 Å². The highest BCUT2D eigenvalue weighted by atomic mass is 32.1. The Labute approximate surface area is 145 Å². The number of thiophene rings is 1. The highest BCUT2D eigenvalue weighted by Crippen LogP contribution is 2.29. The zero-order valence-electron chi connectivity index (χ0n) is 15.3. The number of rotatable bonds is 5. The zero-order valence-corrected chi connectivity index (χ0v) is 16.1. The van der Waals surface area contributed by atoms with Crippen molar-refractivity contribution in [2.24, 2.45) is 5.92 Å². The number of carbonyl (C=O) groups is 1. The Morgan fingerprint density at radius 2 is 2.00 bits per heavy atom. The third kappa shape index (κ3) is 4.80. The average Bonchev–Trinajstić information content (AvgIpc) is 2.87. The highest BCUT2D eigenvalue weighted by Gasteiger charge is 2.26. The van der Waals surface area contributed by atoms with Gasteiger partial charge in [0.2, 0.25) is 0 Å². The number of hydrogen-bond acceptors (Lipinski definition) is 4. The SMILES string of the molecule is COC(=O)c1csc(CCCC2CCN(C(C)(C)C)CC2)c1C. The molecule has 1 saturated heterocycles. The van der Waals surface area contributed by atoms with Crippen LogP contribution in [0.5, 0.6) is 0 Å². The molecule has 0 radical (unpaired) electrons. The van der Waals surface area contributed by atoms with Gasteiger partial charge >= 0.3 is 5.97 Å². The Morgan fingerprint density at radius 1 is 1.35 bits per heavy atom. The third-order valence-electron chi connectivity index (χ3n) is 5.13. The van der Waals surface area contributed by atoms with Crippen molar-refractivity contribution in [1.82, 2.24) is 4.90 Å². The number of nitrogens with zero attached hydrogens (tertiary/aromatic N) is 1. The summed E-state index contributed by atoms with van der Waals surface area (Å²) in [6.07, 6.45) is 6.28. The molecular weight excluding hydrogens is 306 g/mol.